The van der Waals surface area contributed by atoms with E-state index >= 15 is 0 Å². The van der Waals surface area contributed by atoms with E-state index in [1.165, 1.54) is 30.4 Å². The summed E-state index contributed by atoms with van der Waals surface area (Å²) in [6, 6.07) is 6.78. The maximum atomic E-state index is 12.4. The van der Waals surface area contributed by atoms with Crippen LogP contribution in [0.3, 0.4) is 0 Å². The van der Waals surface area contributed by atoms with Gasteiger partial charge in [-0.1, -0.05) is 31.9 Å². The molecule has 0 aromatic heterocycles. The Morgan fingerprint density at radius 1 is 1.37 bits per heavy atom. The fraction of sp³-hybridized carbons (Fsp3) is 0.562. The van der Waals surface area contributed by atoms with Crippen LogP contribution in [0, 0.1) is 0 Å². The van der Waals surface area contributed by atoms with Crippen LogP contribution >= 0.6 is 0 Å². The van der Waals surface area contributed by atoms with Gasteiger partial charge in [0.2, 0.25) is 0 Å². The molecule has 0 radical (unpaired) electrons. The van der Waals surface area contributed by atoms with Crippen LogP contribution in [0.1, 0.15) is 53.7 Å². The van der Waals surface area contributed by atoms with Crippen LogP contribution in [0.4, 0.5) is 0 Å². The molecule has 19 heavy (non-hydrogen) atoms. The quantitative estimate of drug-likeness (QED) is 0.842. The van der Waals surface area contributed by atoms with E-state index in [1.54, 1.807) is 0 Å². The molecule has 2 aliphatic heterocycles. The molecule has 3 rings (SSSR count). The van der Waals surface area contributed by atoms with E-state index in [9.17, 15) is 4.79 Å². The molecule has 2 heterocycles. The van der Waals surface area contributed by atoms with Gasteiger partial charge in [0, 0.05) is 25.2 Å². The Labute approximate surface area is 115 Å². The summed E-state index contributed by atoms with van der Waals surface area (Å²) in [6.07, 6.45) is 4.82. The number of rotatable bonds is 4. The van der Waals surface area contributed by atoms with Gasteiger partial charge in [-0.3, -0.25) is 4.79 Å². The van der Waals surface area contributed by atoms with Crippen molar-refractivity contribution in [2.24, 2.45) is 0 Å². The lowest BCUT2D eigenvalue weighted by atomic mass is 9.98. The Kier molecular flexibility index (Phi) is 3.56. The van der Waals surface area contributed by atoms with Crippen molar-refractivity contribution in [3.8, 4) is 0 Å². The molecule has 3 nitrogen and oxygen atoms in total. The Hall–Kier alpha value is -1.35. The second-order valence-corrected chi connectivity index (χ2v) is 5.60. The van der Waals surface area contributed by atoms with E-state index in [-0.39, 0.29) is 11.9 Å². The maximum absolute atomic E-state index is 12.4. The minimum absolute atomic E-state index is 0.235. The SMILES string of the molecule is CCCCCc1ccc2c(c1)C(=O)N1CCNCC21. The normalized spacial score (nSPS) is 21.4. The van der Waals surface area contributed by atoms with Crippen molar-refractivity contribution in [1.82, 2.24) is 10.2 Å². The van der Waals surface area contributed by atoms with Gasteiger partial charge in [-0.15, -0.1) is 0 Å². The summed E-state index contributed by atoms with van der Waals surface area (Å²) in [7, 11) is 0. The molecule has 0 spiro atoms. The molecular weight excluding hydrogens is 236 g/mol. The van der Waals surface area contributed by atoms with Gasteiger partial charge in [-0.2, -0.15) is 0 Å². The van der Waals surface area contributed by atoms with Crippen LogP contribution in [0.15, 0.2) is 18.2 Å². The number of carbonyl (C=O) groups is 1. The number of nitrogens with zero attached hydrogens (tertiary/aromatic N) is 1. The Balaban J connectivity index is 1.82. The number of hydrogen-bond donors (Lipinski definition) is 1. The molecule has 1 N–H and O–H groups in total. The van der Waals surface area contributed by atoms with E-state index in [0.29, 0.717) is 0 Å². The van der Waals surface area contributed by atoms with Gasteiger partial charge >= 0.3 is 0 Å². The zero-order valence-corrected chi connectivity index (χ0v) is 11.6. The molecule has 2 aliphatic rings. The first-order chi connectivity index (χ1) is 9.31. The number of piperazine rings is 1. The molecule has 1 aromatic carbocycles. The van der Waals surface area contributed by atoms with Crippen molar-refractivity contribution in [3.05, 3.63) is 34.9 Å². The summed E-state index contributed by atoms with van der Waals surface area (Å²) in [4.78, 5) is 14.4. The molecule has 0 aliphatic carbocycles. The smallest absolute Gasteiger partial charge is 0.254 e. The molecule has 1 aromatic rings. The maximum Gasteiger partial charge on any atom is 0.254 e. The van der Waals surface area contributed by atoms with E-state index < -0.39 is 0 Å². The molecule has 1 fully saturated rings. The molecule has 0 bridgehead atoms. The third-order valence-electron chi connectivity index (χ3n) is 4.28. The number of amides is 1. The lowest BCUT2D eigenvalue weighted by Gasteiger charge is -2.30. The molecule has 1 atom stereocenters. The Bertz CT molecular complexity index is 484. The monoisotopic (exact) mass is 258 g/mol. The summed E-state index contributed by atoms with van der Waals surface area (Å²) in [5.41, 5.74) is 3.48. The van der Waals surface area contributed by atoms with Crippen molar-refractivity contribution in [2.45, 2.75) is 38.6 Å². The molecule has 1 unspecified atom stereocenters. The number of aryl methyl sites for hydroxylation is 1. The Morgan fingerprint density at radius 3 is 3.11 bits per heavy atom. The zero-order valence-electron chi connectivity index (χ0n) is 11.6. The molecule has 0 saturated carbocycles. The zero-order chi connectivity index (χ0) is 13.2. The minimum atomic E-state index is 0.235. The number of nitrogens with one attached hydrogen (secondary N) is 1. The van der Waals surface area contributed by atoms with Gasteiger partial charge in [0.1, 0.15) is 0 Å². The number of benzene rings is 1. The highest BCUT2D eigenvalue weighted by Gasteiger charge is 2.37. The van der Waals surface area contributed by atoms with Crippen LogP contribution in [0.25, 0.3) is 0 Å². The lowest BCUT2D eigenvalue weighted by molar-refractivity contribution is 0.0691. The number of fused-ring (bicyclic) bond motifs is 3. The van der Waals surface area contributed by atoms with Crippen molar-refractivity contribution in [3.63, 3.8) is 0 Å². The van der Waals surface area contributed by atoms with Crippen LogP contribution in [-0.4, -0.2) is 30.4 Å². The first-order valence-corrected chi connectivity index (χ1v) is 7.45. The van der Waals surface area contributed by atoms with E-state index in [4.69, 9.17) is 0 Å². The molecule has 1 saturated heterocycles. The van der Waals surface area contributed by atoms with Crippen LogP contribution in [0.5, 0.6) is 0 Å². The average molecular weight is 258 g/mol. The summed E-state index contributed by atoms with van der Waals surface area (Å²) < 4.78 is 0. The van der Waals surface area contributed by atoms with Gasteiger partial charge in [0.05, 0.1) is 6.04 Å². The third kappa shape index (κ3) is 2.27. The van der Waals surface area contributed by atoms with E-state index in [0.717, 1.165) is 31.6 Å². The van der Waals surface area contributed by atoms with Crippen LogP contribution in [-0.2, 0) is 6.42 Å². The van der Waals surface area contributed by atoms with Crippen molar-refractivity contribution in [2.75, 3.05) is 19.6 Å². The highest BCUT2D eigenvalue weighted by molar-refractivity contribution is 5.99. The first-order valence-electron chi connectivity index (χ1n) is 7.45. The lowest BCUT2D eigenvalue weighted by Crippen LogP contribution is -2.44. The second-order valence-electron chi connectivity index (χ2n) is 5.60. The third-order valence-corrected chi connectivity index (χ3v) is 4.28. The van der Waals surface area contributed by atoms with Crippen molar-refractivity contribution < 1.29 is 4.79 Å². The van der Waals surface area contributed by atoms with Crippen molar-refractivity contribution in [1.29, 1.82) is 0 Å². The number of hydrogen-bond acceptors (Lipinski definition) is 2. The summed E-state index contributed by atoms with van der Waals surface area (Å²) in [5, 5.41) is 3.38. The molecule has 102 valence electrons. The standard InChI is InChI=1S/C16H22N2O/c1-2-3-4-5-12-6-7-13-14(10-12)16(19)18-9-8-17-11-15(13)18/h6-7,10,15,17H,2-5,8-9,11H2,1H3. The highest BCUT2D eigenvalue weighted by Crippen LogP contribution is 2.34. The van der Waals surface area contributed by atoms with Gasteiger partial charge in [0.15, 0.2) is 0 Å². The second kappa shape index (κ2) is 5.33. The highest BCUT2D eigenvalue weighted by atomic mass is 16.2. The topological polar surface area (TPSA) is 32.3 Å². The van der Waals surface area contributed by atoms with E-state index in [1.807, 2.05) is 4.90 Å². The van der Waals surface area contributed by atoms with E-state index in [2.05, 4.69) is 30.4 Å². The molecule has 1 amide bonds. The Morgan fingerprint density at radius 2 is 2.26 bits per heavy atom. The summed E-state index contributed by atoms with van der Waals surface area (Å²) >= 11 is 0. The number of carbonyl (C=O) groups excluding carboxylic acids is 1. The van der Waals surface area contributed by atoms with Crippen molar-refractivity contribution >= 4 is 5.91 Å². The summed E-state index contributed by atoms with van der Waals surface area (Å²) in [5.74, 6) is 0.235. The predicted octanol–water partition coefficient (Wildman–Crippen LogP) is 2.52. The predicted molar refractivity (Wildman–Crippen MR) is 76.3 cm³/mol. The van der Waals surface area contributed by atoms with Gasteiger partial charge in [-0.05, 0) is 30.0 Å². The molecular formula is C16H22N2O. The first kappa shape index (κ1) is 12.7. The van der Waals surface area contributed by atoms with Crippen LogP contribution in [0.2, 0.25) is 0 Å². The van der Waals surface area contributed by atoms with Gasteiger partial charge in [0.25, 0.3) is 5.91 Å². The fourth-order valence-corrected chi connectivity index (χ4v) is 3.19. The largest absolute Gasteiger partial charge is 0.329 e. The minimum Gasteiger partial charge on any atom is -0.329 e. The average Bonchev–Trinajstić information content (AvgIpc) is 2.73. The number of unbranched alkanes of at least 4 members (excludes halogenated alkanes) is 2. The van der Waals surface area contributed by atoms with Gasteiger partial charge in [-0.25, -0.2) is 0 Å². The summed E-state index contributed by atoms with van der Waals surface area (Å²) in [6.45, 7) is 4.87. The molecule has 3 heteroatoms. The van der Waals surface area contributed by atoms with Crippen LogP contribution < -0.4 is 5.32 Å². The fourth-order valence-electron chi connectivity index (χ4n) is 3.19. The van der Waals surface area contributed by atoms with Gasteiger partial charge < -0.3 is 10.2 Å².